The largest absolute Gasteiger partial charge is 0.350 e. The van der Waals surface area contributed by atoms with Crippen LogP contribution in [0.3, 0.4) is 0 Å². The number of carbonyl (C=O) groups excluding carboxylic acids is 1. The van der Waals surface area contributed by atoms with Crippen molar-refractivity contribution in [3.05, 3.63) is 65.5 Å². The van der Waals surface area contributed by atoms with E-state index >= 15 is 0 Å². The van der Waals surface area contributed by atoms with Gasteiger partial charge in [0.2, 0.25) is 0 Å². The highest BCUT2D eigenvalue weighted by Gasteiger charge is 2.13. The molecule has 0 fully saturated rings. The number of rotatable bonds is 4. The lowest BCUT2D eigenvalue weighted by molar-refractivity contribution is 0.0942. The number of fused-ring (bicyclic) bond motifs is 1. The molecule has 0 saturated heterocycles. The van der Waals surface area contributed by atoms with Crippen molar-refractivity contribution >= 4 is 16.9 Å². The Kier molecular flexibility index (Phi) is 3.92. The summed E-state index contributed by atoms with van der Waals surface area (Å²) in [6.45, 7) is 3.93. The molecular formula is C18H19N3O. The summed E-state index contributed by atoms with van der Waals surface area (Å²) in [5.41, 5.74) is 3.80. The van der Waals surface area contributed by atoms with E-state index in [1.807, 2.05) is 56.4 Å². The minimum atomic E-state index is -0.0232. The van der Waals surface area contributed by atoms with E-state index in [2.05, 4.69) is 15.3 Å². The zero-order valence-electron chi connectivity index (χ0n) is 12.8. The highest BCUT2D eigenvalue weighted by Crippen LogP contribution is 2.20. The number of hydrogen-bond donors (Lipinski definition) is 2. The molecule has 0 saturated carbocycles. The van der Waals surface area contributed by atoms with E-state index < -0.39 is 0 Å². The normalized spacial score (nSPS) is 11.0. The molecule has 3 aromatic rings. The third-order valence-corrected chi connectivity index (χ3v) is 3.61. The molecule has 2 heterocycles. The minimum Gasteiger partial charge on any atom is -0.350 e. The standard InChI is InChI=1S/C18H19N3O/c1-12(2)21-18(22)16-6-4-3-5-13(16)11-14-7-9-19-17-15(14)8-10-20-17/h3-10,12H,11H2,1-2H3,(H,19,20)(H,21,22). The van der Waals surface area contributed by atoms with E-state index in [0.717, 1.165) is 27.7 Å². The van der Waals surface area contributed by atoms with Gasteiger partial charge in [0.05, 0.1) is 0 Å². The average molecular weight is 293 g/mol. The van der Waals surface area contributed by atoms with Gasteiger partial charge >= 0.3 is 0 Å². The average Bonchev–Trinajstić information content (AvgIpc) is 2.96. The van der Waals surface area contributed by atoms with E-state index in [9.17, 15) is 4.79 Å². The van der Waals surface area contributed by atoms with Crippen LogP contribution in [0, 0.1) is 0 Å². The van der Waals surface area contributed by atoms with Crippen LogP contribution < -0.4 is 5.32 Å². The van der Waals surface area contributed by atoms with Gasteiger partial charge in [0, 0.05) is 29.4 Å². The number of carbonyl (C=O) groups is 1. The summed E-state index contributed by atoms with van der Waals surface area (Å²) in [4.78, 5) is 19.8. The molecule has 0 spiro atoms. The van der Waals surface area contributed by atoms with Crippen molar-refractivity contribution in [3.8, 4) is 0 Å². The van der Waals surface area contributed by atoms with Crippen LogP contribution in [-0.2, 0) is 6.42 Å². The molecule has 0 radical (unpaired) electrons. The van der Waals surface area contributed by atoms with Crippen molar-refractivity contribution in [2.24, 2.45) is 0 Å². The van der Waals surface area contributed by atoms with Gasteiger partial charge in [-0.15, -0.1) is 0 Å². The van der Waals surface area contributed by atoms with Crippen molar-refractivity contribution in [2.75, 3.05) is 0 Å². The first-order valence-corrected chi connectivity index (χ1v) is 7.45. The second-order valence-corrected chi connectivity index (χ2v) is 5.67. The first kappa shape index (κ1) is 14.3. The third-order valence-electron chi connectivity index (χ3n) is 3.61. The molecule has 0 aliphatic rings. The number of aromatic amines is 1. The van der Waals surface area contributed by atoms with E-state index in [1.54, 1.807) is 6.20 Å². The lowest BCUT2D eigenvalue weighted by Crippen LogP contribution is -2.30. The van der Waals surface area contributed by atoms with Gasteiger partial charge in [-0.3, -0.25) is 4.79 Å². The van der Waals surface area contributed by atoms with Gasteiger partial charge in [0.15, 0.2) is 0 Å². The van der Waals surface area contributed by atoms with Crippen LogP contribution in [0.5, 0.6) is 0 Å². The zero-order valence-corrected chi connectivity index (χ0v) is 12.8. The Labute approximate surface area is 129 Å². The molecule has 0 bridgehead atoms. The fourth-order valence-corrected chi connectivity index (χ4v) is 2.61. The maximum absolute atomic E-state index is 12.4. The Hall–Kier alpha value is -2.62. The molecule has 22 heavy (non-hydrogen) atoms. The van der Waals surface area contributed by atoms with Gasteiger partial charge in [-0.05, 0) is 49.6 Å². The topological polar surface area (TPSA) is 57.8 Å². The van der Waals surface area contributed by atoms with Crippen LogP contribution in [0.15, 0.2) is 48.8 Å². The molecule has 4 heteroatoms. The highest BCUT2D eigenvalue weighted by atomic mass is 16.1. The second kappa shape index (κ2) is 6.02. The van der Waals surface area contributed by atoms with Crippen LogP contribution in [0.2, 0.25) is 0 Å². The van der Waals surface area contributed by atoms with Gasteiger partial charge in [-0.2, -0.15) is 0 Å². The molecular weight excluding hydrogens is 274 g/mol. The smallest absolute Gasteiger partial charge is 0.251 e. The summed E-state index contributed by atoms with van der Waals surface area (Å²) in [6.07, 6.45) is 4.39. The van der Waals surface area contributed by atoms with Gasteiger partial charge in [0.25, 0.3) is 5.91 Å². The monoisotopic (exact) mass is 293 g/mol. The number of H-pyrrole nitrogens is 1. The van der Waals surface area contributed by atoms with Crippen molar-refractivity contribution in [3.63, 3.8) is 0 Å². The first-order valence-electron chi connectivity index (χ1n) is 7.45. The van der Waals surface area contributed by atoms with Crippen molar-refractivity contribution < 1.29 is 4.79 Å². The number of nitrogens with one attached hydrogen (secondary N) is 2. The molecule has 1 aromatic carbocycles. The van der Waals surface area contributed by atoms with Crippen LogP contribution >= 0.6 is 0 Å². The van der Waals surface area contributed by atoms with Gasteiger partial charge in [-0.25, -0.2) is 4.98 Å². The van der Waals surface area contributed by atoms with Crippen LogP contribution in [0.25, 0.3) is 11.0 Å². The quantitative estimate of drug-likeness (QED) is 0.775. The van der Waals surface area contributed by atoms with Crippen LogP contribution in [0.1, 0.15) is 35.3 Å². The Morgan fingerprint density at radius 2 is 2.00 bits per heavy atom. The van der Waals surface area contributed by atoms with E-state index in [1.165, 1.54) is 0 Å². The molecule has 1 amide bonds. The summed E-state index contributed by atoms with van der Waals surface area (Å²) in [7, 11) is 0. The summed E-state index contributed by atoms with van der Waals surface area (Å²) < 4.78 is 0. The van der Waals surface area contributed by atoms with Crippen molar-refractivity contribution in [1.82, 2.24) is 15.3 Å². The van der Waals surface area contributed by atoms with E-state index in [0.29, 0.717) is 6.42 Å². The molecule has 4 nitrogen and oxygen atoms in total. The SMILES string of the molecule is CC(C)NC(=O)c1ccccc1Cc1ccnc2[nH]ccc12. The fraction of sp³-hybridized carbons (Fsp3) is 0.222. The maximum Gasteiger partial charge on any atom is 0.251 e. The van der Waals surface area contributed by atoms with Crippen LogP contribution in [-0.4, -0.2) is 21.9 Å². The summed E-state index contributed by atoms with van der Waals surface area (Å²) in [5, 5.41) is 4.06. The number of pyridine rings is 1. The Bertz CT molecular complexity index is 805. The number of nitrogens with zero attached hydrogens (tertiary/aromatic N) is 1. The lowest BCUT2D eigenvalue weighted by atomic mass is 9.98. The highest BCUT2D eigenvalue weighted by molar-refractivity contribution is 5.96. The molecule has 0 aliphatic heterocycles. The molecule has 0 aliphatic carbocycles. The Morgan fingerprint density at radius 1 is 1.18 bits per heavy atom. The van der Waals surface area contributed by atoms with E-state index in [-0.39, 0.29) is 11.9 Å². The maximum atomic E-state index is 12.4. The fourth-order valence-electron chi connectivity index (χ4n) is 2.61. The minimum absolute atomic E-state index is 0.0232. The molecule has 2 aromatic heterocycles. The van der Waals surface area contributed by atoms with Crippen molar-refractivity contribution in [2.45, 2.75) is 26.3 Å². The summed E-state index contributed by atoms with van der Waals surface area (Å²) in [6, 6.07) is 11.9. The zero-order chi connectivity index (χ0) is 15.5. The molecule has 2 N–H and O–H groups in total. The Morgan fingerprint density at radius 3 is 2.82 bits per heavy atom. The second-order valence-electron chi connectivity index (χ2n) is 5.67. The number of aromatic nitrogens is 2. The first-order chi connectivity index (χ1) is 10.6. The van der Waals surface area contributed by atoms with Crippen LogP contribution in [0.4, 0.5) is 0 Å². The van der Waals surface area contributed by atoms with E-state index in [4.69, 9.17) is 0 Å². The molecule has 0 atom stereocenters. The molecule has 0 unspecified atom stereocenters. The third kappa shape index (κ3) is 2.86. The number of amides is 1. The predicted octanol–water partition coefficient (Wildman–Crippen LogP) is 3.29. The molecule has 3 rings (SSSR count). The van der Waals surface area contributed by atoms with Gasteiger partial charge in [-0.1, -0.05) is 18.2 Å². The number of benzene rings is 1. The predicted molar refractivity (Wildman–Crippen MR) is 87.9 cm³/mol. The summed E-state index contributed by atoms with van der Waals surface area (Å²) >= 11 is 0. The lowest BCUT2D eigenvalue weighted by Gasteiger charge is -2.12. The Balaban J connectivity index is 1.96. The van der Waals surface area contributed by atoms with Crippen molar-refractivity contribution in [1.29, 1.82) is 0 Å². The summed E-state index contributed by atoms with van der Waals surface area (Å²) in [5.74, 6) is -0.0232. The van der Waals surface area contributed by atoms with Gasteiger partial charge < -0.3 is 10.3 Å². The number of hydrogen-bond acceptors (Lipinski definition) is 2. The van der Waals surface area contributed by atoms with Gasteiger partial charge in [0.1, 0.15) is 5.65 Å². The molecule has 112 valence electrons.